The number of rotatable bonds is 7. The molecule has 0 spiro atoms. The number of hydrogen-bond acceptors (Lipinski definition) is 4. The molecule has 2 N–H and O–H groups in total. The molecule has 1 aliphatic heterocycles. The molecule has 7 heteroatoms. The highest BCUT2D eigenvalue weighted by atomic mass is 32.2. The van der Waals surface area contributed by atoms with Crippen molar-refractivity contribution in [2.45, 2.75) is 37.2 Å². The number of ether oxygens (including phenoxy) is 1. The van der Waals surface area contributed by atoms with Gasteiger partial charge in [-0.1, -0.05) is 6.92 Å². The first-order chi connectivity index (χ1) is 10.0. The lowest BCUT2D eigenvalue weighted by atomic mass is 10.2. The van der Waals surface area contributed by atoms with Gasteiger partial charge < -0.3 is 10.1 Å². The third-order valence-corrected chi connectivity index (χ3v) is 4.84. The van der Waals surface area contributed by atoms with Gasteiger partial charge in [0.05, 0.1) is 11.5 Å². The van der Waals surface area contributed by atoms with Gasteiger partial charge in [-0.3, -0.25) is 0 Å². The second-order valence-electron chi connectivity index (χ2n) is 5.11. The number of halogens is 1. The minimum atomic E-state index is -3.64. The van der Waals surface area contributed by atoms with E-state index < -0.39 is 15.8 Å². The molecular weight excluding hydrogens is 295 g/mol. The molecule has 1 unspecified atom stereocenters. The highest BCUT2D eigenvalue weighted by molar-refractivity contribution is 7.89. The molecule has 21 heavy (non-hydrogen) atoms. The Balaban J connectivity index is 2.12. The second-order valence-corrected chi connectivity index (χ2v) is 6.83. The molecule has 1 heterocycles. The Morgan fingerprint density at radius 2 is 2.24 bits per heavy atom. The molecule has 0 aromatic heterocycles. The van der Waals surface area contributed by atoms with E-state index in [2.05, 4.69) is 10.0 Å². The van der Waals surface area contributed by atoms with Gasteiger partial charge in [0, 0.05) is 24.8 Å². The van der Waals surface area contributed by atoms with Crippen LogP contribution in [0, 0.1) is 5.82 Å². The third-order valence-electron chi connectivity index (χ3n) is 3.32. The largest absolute Gasteiger partial charge is 0.380 e. The molecule has 118 valence electrons. The maximum atomic E-state index is 13.7. The number of benzene rings is 1. The molecule has 0 radical (unpaired) electrons. The van der Waals surface area contributed by atoms with Crippen molar-refractivity contribution in [3.8, 4) is 0 Å². The van der Waals surface area contributed by atoms with E-state index in [4.69, 9.17) is 4.74 Å². The molecule has 0 saturated carbocycles. The molecule has 1 aliphatic rings. The summed E-state index contributed by atoms with van der Waals surface area (Å²) in [5, 5.41) is 3.07. The quantitative estimate of drug-likeness (QED) is 0.746. The van der Waals surface area contributed by atoms with E-state index in [1.165, 1.54) is 18.2 Å². The van der Waals surface area contributed by atoms with Gasteiger partial charge in [-0.25, -0.2) is 17.5 Å². The minimum Gasteiger partial charge on any atom is -0.380 e. The van der Waals surface area contributed by atoms with Gasteiger partial charge in [0.15, 0.2) is 0 Å². The summed E-state index contributed by atoms with van der Waals surface area (Å²) in [5.74, 6) is -0.401. The fourth-order valence-electron chi connectivity index (χ4n) is 2.17. The lowest BCUT2D eigenvalue weighted by Crippen LogP contribution is -2.35. The summed E-state index contributed by atoms with van der Waals surface area (Å²) in [4.78, 5) is 0.0871. The van der Waals surface area contributed by atoms with Crippen molar-refractivity contribution in [3.05, 3.63) is 29.6 Å². The van der Waals surface area contributed by atoms with Crippen molar-refractivity contribution in [2.24, 2.45) is 0 Å². The summed E-state index contributed by atoms with van der Waals surface area (Å²) < 4.78 is 46.0. The van der Waals surface area contributed by atoms with Gasteiger partial charge in [-0.2, -0.15) is 0 Å². The smallest absolute Gasteiger partial charge is 0.240 e. The monoisotopic (exact) mass is 316 g/mol. The Labute approximate surface area is 124 Å². The van der Waals surface area contributed by atoms with Crippen LogP contribution >= 0.6 is 0 Å². The summed E-state index contributed by atoms with van der Waals surface area (Å²) in [6, 6.07) is 3.66. The Bertz CT molecular complexity index is 572. The zero-order valence-electron chi connectivity index (χ0n) is 12.1. The minimum absolute atomic E-state index is 0.0871. The maximum Gasteiger partial charge on any atom is 0.240 e. The fraction of sp³-hybridized carbons (Fsp3) is 0.571. The first-order valence-electron chi connectivity index (χ1n) is 7.12. The normalized spacial score (nSPS) is 19.0. The van der Waals surface area contributed by atoms with Crippen LogP contribution in [0.3, 0.4) is 0 Å². The van der Waals surface area contributed by atoms with Crippen LogP contribution in [0.5, 0.6) is 0 Å². The van der Waals surface area contributed by atoms with Crippen molar-refractivity contribution in [3.63, 3.8) is 0 Å². The van der Waals surface area contributed by atoms with Crippen LogP contribution in [-0.2, 0) is 21.3 Å². The summed E-state index contributed by atoms with van der Waals surface area (Å²) >= 11 is 0. The van der Waals surface area contributed by atoms with Crippen LogP contribution in [0.4, 0.5) is 4.39 Å². The van der Waals surface area contributed by atoms with E-state index in [9.17, 15) is 12.8 Å². The first-order valence-corrected chi connectivity index (χ1v) is 8.60. The van der Waals surface area contributed by atoms with Crippen molar-refractivity contribution in [1.29, 1.82) is 0 Å². The topological polar surface area (TPSA) is 67.4 Å². The SMILES string of the molecule is CCCNCc1cc(S(=O)(=O)NC2CCOC2)ccc1F. The number of hydrogen-bond donors (Lipinski definition) is 2. The third kappa shape index (κ3) is 4.47. The molecule has 1 atom stereocenters. The number of nitrogens with one attached hydrogen (secondary N) is 2. The summed E-state index contributed by atoms with van der Waals surface area (Å²) in [7, 11) is -3.64. The van der Waals surface area contributed by atoms with Crippen molar-refractivity contribution >= 4 is 10.0 Å². The van der Waals surface area contributed by atoms with Crippen molar-refractivity contribution in [2.75, 3.05) is 19.8 Å². The maximum absolute atomic E-state index is 13.7. The molecule has 0 bridgehead atoms. The standard InChI is InChI=1S/C14H21FN2O3S/c1-2-6-16-9-11-8-13(3-4-14(11)15)21(18,19)17-12-5-7-20-10-12/h3-4,8,12,16-17H,2,5-7,9-10H2,1H3. The van der Waals surface area contributed by atoms with Crippen molar-refractivity contribution in [1.82, 2.24) is 10.0 Å². The Morgan fingerprint density at radius 3 is 2.90 bits per heavy atom. The van der Waals surface area contributed by atoms with Gasteiger partial charge in [0.25, 0.3) is 0 Å². The van der Waals surface area contributed by atoms with E-state index in [1.54, 1.807) is 0 Å². The van der Waals surface area contributed by atoms with Crippen LogP contribution in [0.15, 0.2) is 23.1 Å². The van der Waals surface area contributed by atoms with Crippen LogP contribution in [0.2, 0.25) is 0 Å². The Morgan fingerprint density at radius 1 is 1.43 bits per heavy atom. The highest BCUT2D eigenvalue weighted by Gasteiger charge is 2.24. The van der Waals surface area contributed by atoms with E-state index in [1.807, 2.05) is 6.92 Å². The van der Waals surface area contributed by atoms with Crippen LogP contribution in [0.25, 0.3) is 0 Å². The zero-order chi connectivity index (χ0) is 15.3. The predicted molar refractivity (Wildman–Crippen MR) is 77.9 cm³/mol. The number of sulfonamides is 1. The van der Waals surface area contributed by atoms with E-state index in [-0.39, 0.29) is 10.9 Å². The molecule has 5 nitrogen and oxygen atoms in total. The van der Waals surface area contributed by atoms with Crippen LogP contribution in [-0.4, -0.2) is 34.2 Å². The first kappa shape index (κ1) is 16.4. The molecule has 1 aromatic rings. The Kier molecular flexibility index (Phi) is 5.69. The average molecular weight is 316 g/mol. The lowest BCUT2D eigenvalue weighted by molar-refractivity contribution is 0.192. The molecule has 1 fully saturated rings. The predicted octanol–water partition coefficient (Wildman–Crippen LogP) is 1.39. The molecule has 0 amide bonds. The van der Waals surface area contributed by atoms with Crippen LogP contribution < -0.4 is 10.0 Å². The molecular formula is C14H21FN2O3S. The molecule has 0 aliphatic carbocycles. The summed E-state index contributed by atoms with van der Waals surface area (Å²) in [6.07, 6.45) is 1.59. The van der Waals surface area contributed by atoms with Gasteiger partial charge in [-0.05, 0) is 37.6 Å². The van der Waals surface area contributed by atoms with E-state index in [0.29, 0.717) is 31.7 Å². The highest BCUT2D eigenvalue weighted by Crippen LogP contribution is 2.17. The summed E-state index contributed by atoms with van der Waals surface area (Å²) in [5.41, 5.74) is 0.356. The fourth-order valence-corrected chi connectivity index (χ4v) is 3.47. The van der Waals surface area contributed by atoms with E-state index >= 15 is 0 Å². The van der Waals surface area contributed by atoms with Gasteiger partial charge in [0.2, 0.25) is 10.0 Å². The zero-order valence-corrected chi connectivity index (χ0v) is 12.9. The Hall–Kier alpha value is -1.02. The molecule has 1 saturated heterocycles. The van der Waals surface area contributed by atoms with Gasteiger partial charge >= 0.3 is 0 Å². The average Bonchev–Trinajstić information content (AvgIpc) is 2.93. The second kappa shape index (κ2) is 7.31. The summed E-state index contributed by atoms with van der Waals surface area (Å²) in [6.45, 7) is 4.02. The van der Waals surface area contributed by atoms with Crippen LogP contribution in [0.1, 0.15) is 25.3 Å². The van der Waals surface area contributed by atoms with Gasteiger partial charge in [-0.15, -0.1) is 0 Å². The van der Waals surface area contributed by atoms with E-state index in [0.717, 1.165) is 13.0 Å². The van der Waals surface area contributed by atoms with Gasteiger partial charge in [0.1, 0.15) is 5.82 Å². The van der Waals surface area contributed by atoms with Crippen molar-refractivity contribution < 1.29 is 17.5 Å². The molecule has 1 aromatic carbocycles. The lowest BCUT2D eigenvalue weighted by Gasteiger charge is -2.13. The molecule has 2 rings (SSSR count).